The average Bonchev–Trinajstić information content (AvgIpc) is 3.11. The third-order valence-corrected chi connectivity index (χ3v) is 7.85. The van der Waals surface area contributed by atoms with Gasteiger partial charge in [-0.3, -0.25) is 0 Å². The van der Waals surface area contributed by atoms with Crippen LogP contribution < -0.4 is 4.72 Å². The summed E-state index contributed by atoms with van der Waals surface area (Å²) in [4.78, 5) is 4.26. The fourth-order valence-corrected chi connectivity index (χ4v) is 5.64. The molecule has 7 heteroatoms. The molecule has 1 heterocycles. The number of halogens is 1. The fraction of sp³-hybridized carbons (Fsp3) is 0.211. The second kappa shape index (κ2) is 7.12. The summed E-state index contributed by atoms with van der Waals surface area (Å²) in [6.45, 7) is 0. The van der Waals surface area contributed by atoms with E-state index in [1.807, 2.05) is 54.6 Å². The van der Waals surface area contributed by atoms with Gasteiger partial charge in [-0.2, -0.15) is 0 Å². The van der Waals surface area contributed by atoms with Crippen molar-refractivity contribution in [2.75, 3.05) is 0 Å². The number of thiazole rings is 1. The highest BCUT2D eigenvalue weighted by Crippen LogP contribution is 2.38. The van der Waals surface area contributed by atoms with Crippen molar-refractivity contribution >= 4 is 33.0 Å². The Morgan fingerprint density at radius 3 is 2.42 bits per heavy atom. The molecule has 0 radical (unpaired) electrons. The molecule has 3 aromatic rings. The molecular weight excluding hydrogens is 388 g/mol. The quantitative estimate of drug-likeness (QED) is 0.671. The normalized spacial score (nSPS) is 19.9. The number of benzene rings is 2. The van der Waals surface area contributed by atoms with Crippen LogP contribution in [0.25, 0.3) is 10.6 Å². The summed E-state index contributed by atoms with van der Waals surface area (Å²) in [5, 5.41) is 1.42. The van der Waals surface area contributed by atoms with Gasteiger partial charge in [0.05, 0.1) is 6.20 Å². The maximum absolute atomic E-state index is 12.6. The number of rotatable bonds is 5. The lowest BCUT2D eigenvalue weighted by Crippen LogP contribution is -2.43. The Morgan fingerprint density at radius 1 is 1.04 bits per heavy atom. The highest BCUT2D eigenvalue weighted by Gasteiger charge is 2.34. The van der Waals surface area contributed by atoms with Crippen LogP contribution in [0.4, 0.5) is 0 Å². The van der Waals surface area contributed by atoms with Crippen LogP contribution >= 0.6 is 22.9 Å². The number of aromatic nitrogens is 1. The first-order valence-electron chi connectivity index (χ1n) is 8.30. The first kappa shape index (κ1) is 17.7. The Bertz CT molecular complexity index is 996. The summed E-state index contributed by atoms with van der Waals surface area (Å²) in [7, 11) is -3.53. The minimum absolute atomic E-state index is 0.0389. The van der Waals surface area contributed by atoms with Gasteiger partial charge in [0.1, 0.15) is 5.01 Å². The summed E-state index contributed by atoms with van der Waals surface area (Å²) >= 11 is 7.10. The summed E-state index contributed by atoms with van der Waals surface area (Å²) < 4.78 is 28.3. The lowest BCUT2D eigenvalue weighted by molar-refractivity contribution is 0.326. The Balaban J connectivity index is 1.41. The van der Waals surface area contributed by atoms with Crippen LogP contribution in [0.15, 0.2) is 65.0 Å². The molecule has 0 atom stereocenters. The molecule has 1 fully saturated rings. The van der Waals surface area contributed by atoms with Crippen LogP contribution in [0.2, 0.25) is 5.02 Å². The molecule has 4 rings (SSSR count). The molecule has 0 spiro atoms. The highest BCUT2D eigenvalue weighted by atomic mass is 35.5. The SMILES string of the molecule is O=S(=O)(NC1CC(c2ccc(Cl)cc2)C1)c1cnc(-c2ccccc2)s1. The summed E-state index contributed by atoms with van der Waals surface area (Å²) in [5.41, 5.74) is 2.12. The van der Waals surface area contributed by atoms with Crippen LogP contribution in [-0.4, -0.2) is 19.4 Å². The van der Waals surface area contributed by atoms with E-state index in [0.717, 1.165) is 18.4 Å². The maximum atomic E-state index is 12.6. The fourth-order valence-electron chi connectivity index (χ4n) is 3.10. The van der Waals surface area contributed by atoms with E-state index in [4.69, 9.17) is 11.6 Å². The highest BCUT2D eigenvalue weighted by molar-refractivity contribution is 7.91. The second-order valence-electron chi connectivity index (χ2n) is 6.39. The van der Waals surface area contributed by atoms with Crippen molar-refractivity contribution in [2.45, 2.75) is 29.0 Å². The van der Waals surface area contributed by atoms with Crippen LogP contribution in [0, 0.1) is 0 Å². The molecule has 1 aromatic heterocycles. The van der Waals surface area contributed by atoms with Crippen molar-refractivity contribution in [2.24, 2.45) is 0 Å². The lowest BCUT2D eigenvalue weighted by Gasteiger charge is -2.35. The smallest absolute Gasteiger partial charge is 0.243 e. The predicted molar refractivity (Wildman–Crippen MR) is 105 cm³/mol. The number of nitrogens with one attached hydrogen (secondary N) is 1. The third kappa shape index (κ3) is 3.69. The van der Waals surface area contributed by atoms with Gasteiger partial charge in [0.15, 0.2) is 4.21 Å². The van der Waals surface area contributed by atoms with E-state index in [1.165, 1.54) is 23.1 Å². The van der Waals surface area contributed by atoms with Gasteiger partial charge in [-0.25, -0.2) is 18.1 Å². The van der Waals surface area contributed by atoms with Gasteiger partial charge in [-0.1, -0.05) is 54.1 Å². The molecule has 1 aliphatic carbocycles. The van der Waals surface area contributed by atoms with E-state index < -0.39 is 10.0 Å². The molecule has 1 saturated carbocycles. The van der Waals surface area contributed by atoms with Crippen molar-refractivity contribution in [3.8, 4) is 10.6 Å². The number of hydrogen-bond acceptors (Lipinski definition) is 4. The zero-order chi connectivity index (χ0) is 18.1. The van der Waals surface area contributed by atoms with Gasteiger partial charge < -0.3 is 0 Å². The summed E-state index contributed by atoms with van der Waals surface area (Å²) in [6, 6.07) is 17.3. The minimum Gasteiger partial charge on any atom is -0.243 e. The van der Waals surface area contributed by atoms with Crippen LogP contribution in [0.3, 0.4) is 0 Å². The van der Waals surface area contributed by atoms with Crippen molar-refractivity contribution in [1.29, 1.82) is 0 Å². The first-order valence-corrected chi connectivity index (χ1v) is 11.0. The zero-order valence-electron chi connectivity index (χ0n) is 13.8. The Kier molecular flexibility index (Phi) is 4.84. The van der Waals surface area contributed by atoms with E-state index in [1.54, 1.807) is 0 Å². The van der Waals surface area contributed by atoms with E-state index in [2.05, 4.69) is 9.71 Å². The Hall–Kier alpha value is -1.73. The molecule has 26 heavy (non-hydrogen) atoms. The molecule has 0 amide bonds. The molecular formula is C19H17ClN2O2S2. The van der Waals surface area contributed by atoms with Gasteiger partial charge in [0, 0.05) is 16.6 Å². The van der Waals surface area contributed by atoms with Gasteiger partial charge in [-0.05, 0) is 36.5 Å². The van der Waals surface area contributed by atoms with Crippen LogP contribution in [0.5, 0.6) is 0 Å². The van der Waals surface area contributed by atoms with Gasteiger partial charge >= 0.3 is 0 Å². The van der Waals surface area contributed by atoms with Crippen molar-refractivity contribution in [3.05, 3.63) is 71.4 Å². The van der Waals surface area contributed by atoms with E-state index in [-0.39, 0.29) is 10.3 Å². The molecule has 4 nitrogen and oxygen atoms in total. The first-order chi connectivity index (χ1) is 12.5. The zero-order valence-corrected chi connectivity index (χ0v) is 16.2. The Morgan fingerprint density at radius 2 is 1.73 bits per heavy atom. The third-order valence-electron chi connectivity index (χ3n) is 4.57. The molecule has 0 aliphatic heterocycles. The topological polar surface area (TPSA) is 59.1 Å². The predicted octanol–water partition coefficient (Wildman–Crippen LogP) is 4.69. The lowest BCUT2D eigenvalue weighted by atomic mass is 9.76. The monoisotopic (exact) mass is 404 g/mol. The Labute approximate surface area is 161 Å². The summed E-state index contributed by atoms with van der Waals surface area (Å²) in [6.07, 6.45) is 3.03. The van der Waals surface area contributed by atoms with Crippen molar-refractivity contribution < 1.29 is 8.42 Å². The molecule has 0 unspecified atom stereocenters. The molecule has 1 N–H and O–H groups in total. The largest absolute Gasteiger partial charge is 0.251 e. The second-order valence-corrected chi connectivity index (χ2v) is 9.80. The van der Waals surface area contributed by atoms with Gasteiger partial charge in [0.2, 0.25) is 0 Å². The maximum Gasteiger partial charge on any atom is 0.251 e. The average molecular weight is 405 g/mol. The van der Waals surface area contributed by atoms with Crippen LogP contribution in [0.1, 0.15) is 24.3 Å². The number of nitrogens with zero attached hydrogens (tertiary/aromatic N) is 1. The molecule has 2 aromatic carbocycles. The minimum atomic E-state index is -3.53. The van der Waals surface area contributed by atoms with Crippen molar-refractivity contribution in [1.82, 2.24) is 9.71 Å². The number of hydrogen-bond donors (Lipinski definition) is 1. The standard InChI is InChI=1S/C19H17ClN2O2S2/c20-16-8-6-13(7-9-16)15-10-17(11-15)22-26(23,24)18-12-21-19(25-18)14-4-2-1-3-5-14/h1-9,12,15,17,22H,10-11H2. The molecule has 0 saturated heterocycles. The molecule has 1 aliphatic rings. The summed E-state index contributed by atoms with van der Waals surface area (Å²) in [5.74, 6) is 0.376. The van der Waals surface area contributed by atoms with Crippen LogP contribution in [-0.2, 0) is 10.0 Å². The molecule has 134 valence electrons. The van der Waals surface area contributed by atoms with Gasteiger partial charge in [-0.15, -0.1) is 11.3 Å². The van der Waals surface area contributed by atoms with Crippen molar-refractivity contribution in [3.63, 3.8) is 0 Å². The molecule has 0 bridgehead atoms. The number of sulfonamides is 1. The van der Waals surface area contributed by atoms with Gasteiger partial charge in [0.25, 0.3) is 10.0 Å². The van der Waals surface area contributed by atoms with E-state index >= 15 is 0 Å². The van der Waals surface area contributed by atoms with E-state index in [0.29, 0.717) is 15.9 Å². The van der Waals surface area contributed by atoms with E-state index in [9.17, 15) is 8.42 Å².